The number of aromatic nitrogens is 2. The molecule has 9 nitrogen and oxygen atoms in total. The molecule has 0 atom stereocenters. The molecule has 0 spiro atoms. The van der Waals surface area contributed by atoms with Gasteiger partial charge in [-0.2, -0.15) is 5.10 Å². The van der Waals surface area contributed by atoms with Crippen LogP contribution in [0.2, 0.25) is 5.02 Å². The van der Waals surface area contributed by atoms with E-state index in [1.807, 2.05) is 0 Å². The van der Waals surface area contributed by atoms with Gasteiger partial charge in [0.1, 0.15) is 28.5 Å². The Morgan fingerprint density at radius 1 is 1.29 bits per heavy atom. The number of nitrogens with zero attached hydrogens (tertiary/aromatic N) is 3. The van der Waals surface area contributed by atoms with Crippen molar-refractivity contribution in [2.24, 2.45) is 5.10 Å². The van der Waals surface area contributed by atoms with Crippen LogP contribution in [0, 0.1) is 6.92 Å². The highest BCUT2D eigenvalue weighted by Gasteiger charge is 2.18. The number of carbonyl (C=O) groups excluding carboxylic acids is 1. The van der Waals surface area contributed by atoms with E-state index in [-0.39, 0.29) is 10.6 Å². The molecule has 4 N–H and O–H groups in total. The number of hydrazone groups is 1. The highest BCUT2D eigenvalue weighted by atomic mass is 35.5. The number of rotatable bonds is 5. The van der Waals surface area contributed by atoms with Gasteiger partial charge in [-0.05, 0) is 42.8 Å². The first-order valence-corrected chi connectivity index (χ1v) is 10.0. The molecule has 0 aliphatic carbocycles. The summed E-state index contributed by atoms with van der Waals surface area (Å²) in [5.74, 6) is -0.428. The van der Waals surface area contributed by atoms with Crippen LogP contribution < -0.4 is 11.2 Å². The summed E-state index contributed by atoms with van der Waals surface area (Å²) in [5.41, 5.74) is 9.52. The van der Waals surface area contributed by atoms with Crippen molar-refractivity contribution in [2.75, 3.05) is 5.73 Å². The molecule has 0 aliphatic rings. The van der Waals surface area contributed by atoms with Crippen LogP contribution in [-0.4, -0.2) is 33.2 Å². The van der Waals surface area contributed by atoms with Gasteiger partial charge >= 0.3 is 5.97 Å². The number of aryl methyl sites for hydroxylation is 1. The minimum atomic E-state index is -1.13. The molecule has 156 valence electrons. The quantitative estimate of drug-likeness (QED) is 0.305. The van der Waals surface area contributed by atoms with Gasteiger partial charge in [0.05, 0.1) is 27.1 Å². The van der Waals surface area contributed by atoms with Crippen molar-refractivity contribution in [3.05, 3.63) is 63.4 Å². The van der Waals surface area contributed by atoms with Gasteiger partial charge in [-0.25, -0.2) is 20.2 Å². The van der Waals surface area contributed by atoms with Crippen LogP contribution in [0.3, 0.4) is 0 Å². The van der Waals surface area contributed by atoms with Crippen molar-refractivity contribution in [1.82, 2.24) is 15.4 Å². The van der Waals surface area contributed by atoms with E-state index in [2.05, 4.69) is 20.5 Å². The SMILES string of the molecule is Cc1c(C(=O)N/N=C\c2ccc(-c3ccc(Cl)c(C(=O)O)c3)o2)sc2ncnc(N)c12. The number of nitrogens with two attached hydrogens (primary N) is 1. The number of carboxylic acids is 1. The third kappa shape index (κ3) is 3.98. The number of aromatic carboxylic acids is 1. The van der Waals surface area contributed by atoms with Crippen LogP contribution in [0.15, 0.2) is 46.2 Å². The zero-order valence-electron chi connectivity index (χ0n) is 15.9. The van der Waals surface area contributed by atoms with Gasteiger partial charge in [-0.1, -0.05) is 11.6 Å². The number of carbonyl (C=O) groups is 2. The average molecular weight is 456 g/mol. The number of halogens is 1. The monoisotopic (exact) mass is 455 g/mol. The van der Waals surface area contributed by atoms with Crippen LogP contribution in [0.25, 0.3) is 21.5 Å². The van der Waals surface area contributed by atoms with Crippen molar-refractivity contribution < 1.29 is 19.1 Å². The van der Waals surface area contributed by atoms with Gasteiger partial charge in [0.25, 0.3) is 5.91 Å². The molecule has 0 fully saturated rings. The standard InChI is InChI=1S/C20H14ClN5O4S/c1-9-15-17(22)23-8-24-19(15)31-16(9)18(27)26-25-7-11-3-5-14(30-11)10-2-4-13(21)12(6-10)20(28)29/h2-8H,1H3,(H,26,27)(H,28,29)(H2,22,23,24)/b25-7-. The summed E-state index contributed by atoms with van der Waals surface area (Å²) < 4.78 is 5.65. The Kier molecular flexibility index (Phi) is 5.40. The van der Waals surface area contributed by atoms with Crippen LogP contribution in [0.5, 0.6) is 0 Å². The number of hydrogen-bond acceptors (Lipinski definition) is 8. The molecule has 0 aliphatic heterocycles. The van der Waals surface area contributed by atoms with Gasteiger partial charge in [0, 0.05) is 5.56 Å². The number of nitrogens with one attached hydrogen (secondary N) is 1. The lowest BCUT2D eigenvalue weighted by atomic mass is 10.1. The first kappa shape index (κ1) is 20.5. The Bertz CT molecular complexity index is 1360. The van der Waals surface area contributed by atoms with E-state index < -0.39 is 11.9 Å². The van der Waals surface area contributed by atoms with Crippen molar-refractivity contribution >= 4 is 57.1 Å². The lowest BCUT2D eigenvalue weighted by Crippen LogP contribution is -2.17. The third-order valence-corrected chi connectivity index (χ3v) is 5.96. The Morgan fingerprint density at radius 2 is 2.10 bits per heavy atom. The normalized spacial score (nSPS) is 11.3. The Balaban J connectivity index is 1.50. The molecular formula is C20H14ClN5O4S. The number of amides is 1. The molecule has 0 saturated heterocycles. The molecule has 0 unspecified atom stereocenters. The molecule has 1 amide bonds. The fraction of sp³-hybridized carbons (Fsp3) is 0.0500. The smallest absolute Gasteiger partial charge is 0.337 e. The maximum absolute atomic E-state index is 12.5. The van der Waals surface area contributed by atoms with E-state index in [0.717, 1.165) is 0 Å². The lowest BCUT2D eigenvalue weighted by molar-refractivity contribution is 0.0697. The lowest BCUT2D eigenvalue weighted by Gasteiger charge is -2.02. The number of fused-ring (bicyclic) bond motifs is 1. The zero-order valence-corrected chi connectivity index (χ0v) is 17.5. The second kappa shape index (κ2) is 8.17. The summed E-state index contributed by atoms with van der Waals surface area (Å²) in [4.78, 5) is 32.9. The van der Waals surface area contributed by atoms with Crippen molar-refractivity contribution in [3.8, 4) is 11.3 Å². The van der Waals surface area contributed by atoms with E-state index in [1.54, 1.807) is 25.1 Å². The van der Waals surface area contributed by atoms with E-state index in [4.69, 9.17) is 21.8 Å². The minimum absolute atomic E-state index is 0.0259. The first-order chi connectivity index (χ1) is 14.8. The number of carboxylic acid groups (broad SMARTS) is 1. The molecule has 1 aromatic carbocycles. The topological polar surface area (TPSA) is 144 Å². The summed E-state index contributed by atoms with van der Waals surface area (Å²) in [6.45, 7) is 1.77. The molecule has 31 heavy (non-hydrogen) atoms. The fourth-order valence-electron chi connectivity index (χ4n) is 2.94. The highest BCUT2D eigenvalue weighted by Crippen LogP contribution is 2.32. The van der Waals surface area contributed by atoms with Gasteiger partial charge in [0.15, 0.2) is 0 Å². The van der Waals surface area contributed by atoms with Crippen LogP contribution in [0.4, 0.5) is 5.82 Å². The molecule has 3 heterocycles. The third-order valence-electron chi connectivity index (χ3n) is 4.43. The molecule has 4 aromatic rings. The van der Waals surface area contributed by atoms with E-state index in [1.165, 1.54) is 36.0 Å². The summed E-state index contributed by atoms with van der Waals surface area (Å²) >= 11 is 7.09. The maximum Gasteiger partial charge on any atom is 0.337 e. The molecule has 0 saturated carbocycles. The van der Waals surface area contributed by atoms with Crippen molar-refractivity contribution in [3.63, 3.8) is 0 Å². The first-order valence-electron chi connectivity index (χ1n) is 8.81. The second-order valence-corrected chi connectivity index (χ2v) is 7.80. The van der Waals surface area contributed by atoms with E-state index in [9.17, 15) is 14.7 Å². The molecule has 3 aromatic heterocycles. The number of benzene rings is 1. The van der Waals surface area contributed by atoms with Gasteiger partial charge in [-0.15, -0.1) is 11.3 Å². The number of anilines is 1. The maximum atomic E-state index is 12.5. The summed E-state index contributed by atoms with van der Waals surface area (Å²) in [7, 11) is 0. The highest BCUT2D eigenvalue weighted by molar-refractivity contribution is 7.20. The molecular weight excluding hydrogens is 442 g/mol. The van der Waals surface area contributed by atoms with Crippen molar-refractivity contribution in [2.45, 2.75) is 6.92 Å². The number of thiophene rings is 1. The number of hydrogen-bond donors (Lipinski definition) is 3. The minimum Gasteiger partial charge on any atom is -0.478 e. The number of nitrogen functional groups attached to an aromatic ring is 1. The van der Waals surface area contributed by atoms with Gasteiger partial charge in [0.2, 0.25) is 0 Å². The van der Waals surface area contributed by atoms with Crippen LogP contribution >= 0.6 is 22.9 Å². The Morgan fingerprint density at radius 3 is 2.84 bits per heavy atom. The summed E-state index contributed by atoms with van der Waals surface area (Å²) in [6.07, 6.45) is 2.69. The van der Waals surface area contributed by atoms with Crippen molar-refractivity contribution in [1.29, 1.82) is 0 Å². The van der Waals surface area contributed by atoms with Gasteiger partial charge < -0.3 is 15.3 Å². The Hall–Kier alpha value is -3.76. The molecule has 4 rings (SSSR count). The van der Waals surface area contributed by atoms with E-state index >= 15 is 0 Å². The van der Waals surface area contributed by atoms with Crippen LogP contribution in [0.1, 0.15) is 31.4 Å². The molecule has 0 bridgehead atoms. The Labute approximate surface area is 184 Å². The number of furan rings is 1. The fourth-order valence-corrected chi connectivity index (χ4v) is 4.19. The molecule has 0 radical (unpaired) electrons. The molecule has 11 heteroatoms. The largest absolute Gasteiger partial charge is 0.478 e. The zero-order chi connectivity index (χ0) is 22.1. The van der Waals surface area contributed by atoms with E-state index in [0.29, 0.717) is 43.6 Å². The predicted molar refractivity (Wildman–Crippen MR) is 118 cm³/mol. The van der Waals surface area contributed by atoms with Crippen LogP contribution in [-0.2, 0) is 0 Å². The summed E-state index contributed by atoms with van der Waals surface area (Å²) in [6, 6.07) is 7.86. The summed E-state index contributed by atoms with van der Waals surface area (Å²) in [5, 5.41) is 13.9. The second-order valence-electron chi connectivity index (χ2n) is 6.40. The average Bonchev–Trinajstić information content (AvgIpc) is 3.33. The predicted octanol–water partition coefficient (Wildman–Crippen LogP) is 3.96. The van der Waals surface area contributed by atoms with Gasteiger partial charge in [-0.3, -0.25) is 4.79 Å².